The Morgan fingerprint density at radius 3 is 2.02 bits per heavy atom. The summed E-state index contributed by atoms with van der Waals surface area (Å²) in [5, 5.41) is 10.9. The fourth-order valence-electron chi connectivity index (χ4n) is 5.82. The van der Waals surface area contributed by atoms with E-state index in [9.17, 15) is 14.9 Å². The van der Waals surface area contributed by atoms with E-state index in [1.165, 1.54) is 43.4 Å². The summed E-state index contributed by atoms with van der Waals surface area (Å²) in [5.74, 6) is 0.356. The van der Waals surface area contributed by atoms with Crippen molar-refractivity contribution >= 4 is 34.4 Å². The van der Waals surface area contributed by atoms with E-state index < -0.39 is 5.91 Å². The van der Waals surface area contributed by atoms with E-state index in [1.807, 2.05) is 31.2 Å². The number of aromatic nitrogens is 1. The fourth-order valence-corrected chi connectivity index (χ4v) is 6.87. The van der Waals surface area contributed by atoms with Gasteiger partial charge in [0.05, 0.1) is 10.6 Å². The van der Waals surface area contributed by atoms with Gasteiger partial charge >= 0.3 is 0 Å². The highest BCUT2D eigenvalue weighted by atomic mass is 32.1. The number of nitrogens with zero attached hydrogens (tertiary/aromatic N) is 4. The summed E-state index contributed by atoms with van der Waals surface area (Å²) >= 11 is 1.62. The summed E-state index contributed by atoms with van der Waals surface area (Å²) in [4.78, 5) is 36.7. The molecule has 0 bridgehead atoms. The minimum atomic E-state index is -0.490. The Labute approximate surface area is 269 Å². The number of benzene rings is 1. The highest BCUT2D eigenvalue weighted by Gasteiger charge is 2.35. The minimum Gasteiger partial charge on any atom is -0.348 e. The predicted molar refractivity (Wildman–Crippen MR) is 184 cm³/mol. The van der Waals surface area contributed by atoms with Crippen LogP contribution in [0.15, 0.2) is 47.1 Å². The quantitative estimate of drug-likeness (QED) is 0.123. The number of hydrogen-bond donors (Lipinski definition) is 0. The number of nitriles is 1. The van der Waals surface area contributed by atoms with E-state index >= 15 is 0 Å². The molecular weight excluding hydrogens is 565 g/mol. The molecule has 1 aromatic heterocycles. The Balaban J connectivity index is 2.17. The molecule has 2 heterocycles. The summed E-state index contributed by atoms with van der Waals surface area (Å²) in [7, 11) is 0. The predicted octanol–water partition coefficient (Wildman–Crippen LogP) is 9.44. The van der Waals surface area contributed by atoms with Gasteiger partial charge in [0.25, 0.3) is 11.8 Å². The average molecular weight is 617 g/mol. The second-order valence-electron chi connectivity index (χ2n) is 12.1. The summed E-state index contributed by atoms with van der Waals surface area (Å²) in [6.07, 6.45) is 13.0. The van der Waals surface area contributed by atoms with Gasteiger partial charge in [-0.3, -0.25) is 14.5 Å². The average Bonchev–Trinajstić information content (AvgIpc) is 3.46. The third-order valence-corrected chi connectivity index (χ3v) is 9.90. The standard InChI is InChI=1S/C37H52N4O2S/c1-7-12-18-28(10-4)25-40(26-29(11-5)19-13-8-2)37-39-34(30-20-16-15-17-21-30)33(44-37)23-31-27(6)32(24-38)36(43)41(35(31)42)22-14-9-3/h15-17,20-21,23,28-29H,7-14,18-19,22,25-26H2,1-6H3/b31-23-. The van der Waals surface area contributed by atoms with Gasteiger partial charge in [0.15, 0.2) is 5.13 Å². The number of anilines is 1. The van der Waals surface area contributed by atoms with Gasteiger partial charge in [0, 0.05) is 30.8 Å². The number of unbranched alkanes of at least 4 members (excludes halogenated alkanes) is 3. The SMILES string of the molecule is CCCCC(CC)CN(CC(CC)CCCC)c1nc(-c2ccccc2)c(/C=C2\C(=O)N(CCCC)C(=O)C(C#N)=C2C)s1. The summed E-state index contributed by atoms with van der Waals surface area (Å²) < 4.78 is 0. The normalized spacial score (nSPS) is 16.0. The van der Waals surface area contributed by atoms with Crippen molar-refractivity contribution in [2.75, 3.05) is 24.5 Å². The van der Waals surface area contributed by atoms with Gasteiger partial charge in [0.2, 0.25) is 0 Å². The third-order valence-electron chi connectivity index (χ3n) is 8.84. The van der Waals surface area contributed by atoms with Gasteiger partial charge in [-0.05, 0) is 49.7 Å². The van der Waals surface area contributed by atoms with Crippen molar-refractivity contribution in [3.63, 3.8) is 0 Å². The molecule has 2 aromatic rings. The van der Waals surface area contributed by atoms with Crippen LogP contribution in [0.5, 0.6) is 0 Å². The molecule has 0 N–H and O–H groups in total. The molecule has 2 atom stereocenters. The molecule has 238 valence electrons. The number of imide groups is 1. The molecule has 0 saturated heterocycles. The van der Waals surface area contributed by atoms with E-state index in [0.717, 1.165) is 53.6 Å². The Kier molecular flexibility index (Phi) is 14.3. The maximum absolute atomic E-state index is 13.7. The Morgan fingerprint density at radius 2 is 1.50 bits per heavy atom. The van der Waals surface area contributed by atoms with Crippen LogP contribution in [-0.2, 0) is 9.59 Å². The van der Waals surface area contributed by atoms with Gasteiger partial charge in [0.1, 0.15) is 11.6 Å². The monoisotopic (exact) mass is 616 g/mol. The van der Waals surface area contributed by atoms with Crippen LogP contribution in [-0.4, -0.2) is 41.3 Å². The van der Waals surface area contributed by atoms with Crippen LogP contribution in [0.1, 0.15) is 111 Å². The van der Waals surface area contributed by atoms with Crippen LogP contribution in [0, 0.1) is 23.2 Å². The van der Waals surface area contributed by atoms with E-state index in [2.05, 4.69) is 50.8 Å². The molecule has 0 fully saturated rings. The van der Waals surface area contributed by atoms with E-state index in [1.54, 1.807) is 18.3 Å². The van der Waals surface area contributed by atoms with E-state index in [-0.39, 0.29) is 11.5 Å². The van der Waals surface area contributed by atoms with Crippen molar-refractivity contribution in [2.24, 2.45) is 11.8 Å². The van der Waals surface area contributed by atoms with E-state index in [4.69, 9.17) is 4.98 Å². The van der Waals surface area contributed by atoms with Crippen molar-refractivity contribution in [2.45, 2.75) is 106 Å². The molecule has 0 saturated carbocycles. The van der Waals surface area contributed by atoms with Gasteiger partial charge in [-0.1, -0.05) is 121 Å². The van der Waals surface area contributed by atoms with Crippen LogP contribution in [0.2, 0.25) is 0 Å². The van der Waals surface area contributed by atoms with Crippen LogP contribution < -0.4 is 4.90 Å². The summed E-state index contributed by atoms with van der Waals surface area (Å²) in [6.45, 7) is 15.1. The van der Waals surface area contributed by atoms with Crippen molar-refractivity contribution in [1.82, 2.24) is 9.88 Å². The van der Waals surface area contributed by atoms with Gasteiger partial charge in [-0.15, -0.1) is 0 Å². The summed E-state index contributed by atoms with van der Waals surface area (Å²) in [6, 6.07) is 12.2. The number of amides is 2. The molecule has 1 aliphatic rings. The number of rotatable bonds is 18. The lowest BCUT2D eigenvalue weighted by atomic mass is 9.94. The number of hydrogen-bond acceptors (Lipinski definition) is 6. The van der Waals surface area contributed by atoms with Crippen LogP contribution in [0.25, 0.3) is 17.3 Å². The molecule has 6 nitrogen and oxygen atoms in total. The molecule has 0 radical (unpaired) electrons. The zero-order valence-corrected chi connectivity index (χ0v) is 28.6. The van der Waals surface area contributed by atoms with Crippen LogP contribution in [0.3, 0.4) is 0 Å². The molecule has 0 aliphatic carbocycles. The molecule has 2 amide bonds. The zero-order chi connectivity index (χ0) is 32.1. The van der Waals surface area contributed by atoms with Crippen LogP contribution >= 0.6 is 11.3 Å². The Morgan fingerprint density at radius 1 is 0.909 bits per heavy atom. The lowest BCUT2D eigenvalue weighted by Crippen LogP contribution is -2.43. The molecule has 7 heteroatoms. The lowest BCUT2D eigenvalue weighted by Gasteiger charge is -2.30. The molecule has 1 aliphatic heterocycles. The van der Waals surface area contributed by atoms with Crippen molar-refractivity contribution in [1.29, 1.82) is 5.26 Å². The highest BCUT2D eigenvalue weighted by Crippen LogP contribution is 2.38. The van der Waals surface area contributed by atoms with Crippen molar-refractivity contribution < 1.29 is 9.59 Å². The Hall–Kier alpha value is -3.24. The minimum absolute atomic E-state index is 0.0444. The maximum Gasteiger partial charge on any atom is 0.271 e. The summed E-state index contributed by atoms with van der Waals surface area (Å²) in [5.41, 5.74) is 2.71. The highest BCUT2D eigenvalue weighted by molar-refractivity contribution is 7.17. The number of thiazole rings is 1. The topological polar surface area (TPSA) is 77.3 Å². The van der Waals surface area contributed by atoms with Crippen LogP contribution in [0.4, 0.5) is 5.13 Å². The van der Waals surface area contributed by atoms with Crippen molar-refractivity contribution in [3.8, 4) is 17.3 Å². The first-order valence-corrected chi connectivity index (χ1v) is 17.6. The van der Waals surface area contributed by atoms with Gasteiger partial charge < -0.3 is 4.90 Å². The maximum atomic E-state index is 13.7. The smallest absolute Gasteiger partial charge is 0.271 e. The molecule has 3 rings (SSSR count). The molecule has 2 unspecified atom stereocenters. The van der Waals surface area contributed by atoms with Gasteiger partial charge in [-0.25, -0.2) is 4.98 Å². The molecule has 44 heavy (non-hydrogen) atoms. The zero-order valence-electron chi connectivity index (χ0n) is 27.8. The largest absolute Gasteiger partial charge is 0.348 e. The first-order valence-electron chi connectivity index (χ1n) is 16.8. The Bertz CT molecular complexity index is 1320. The molecule has 1 aromatic carbocycles. The number of carbonyl (C=O) groups is 2. The van der Waals surface area contributed by atoms with Gasteiger partial charge in [-0.2, -0.15) is 5.26 Å². The second kappa shape index (κ2) is 17.9. The third kappa shape index (κ3) is 8.91. The fraction of sp³-hybridized carbons (Fsp3) is 0.568. The first kappa shape index (κ1) is 35.2. The van der Waals surface area contributed by atoms with E-state index in [0.29, 0.717) is 35.9 Å². The van der Waals surface area contributed by atoms with Crippen molar-refractivity contribution in [3.05, 3.63) is 51.9 Å². The number of carbonyl (C=O) groups excluding carboxylic acids is 2. The molecule has 0 spiro atoms. The first-order chi connectivity index (χ1) is 21.3. The molecular formula is C37H52N4O2S. The second-order valence-corrected chi connectivity index (χ2v) is 13.1. The lowest BCUT2D eigenvalue weighted by molar-refractivity contribution is -0.140.